The van der Waals surface area contributed by atoms with Crippen LogP contribution >= 0.6 is 11.8 Å². The molecule has 0 unspecified atom stereocenters. The number of fused-ring (bicyclic) bond motifs is 1. The van der Waals surface area contributed by atoms with E-state index >= 15 is 0 Å². The number of hydrogen-bond donors (Lipinski definition) is 0. The van der Waals surface area contributed by atoms with Crippen molar-refractivity contribution < 1.29 is 4.79 Å². The van der Waals surface area contributed by atoms with Crippen LogP contribution in [0.4, 0.5) is 0 Å². The molecule has 0 bridgehead atoms. The van der Waals surface area contributed by atoms with Crippen LogP contribution in [0, 0.1) is 0 Å². The second-order valence-corrected chi connectivity index (χ2v) is 6.02. The highest BCUT2D eigenvalue weighted by Gasteiger charge is 2.18. The molecule has 0 N–H and O–H groups in total. The zero-order valence-corrected chi connectivity index (χ0v) is 12.4. The lowest BCUT2D eigenvalue weighted by Crippen LogP contribution is -2.13. The summed E-state index contributed by atoms with van der Waals surface area (Å²) in [6.07, 6.45) is 1.55. The standard InChI is InChI=1S/C17H14N2OS/c1-12(16(20)13-7-3-2-4-8-13)21-17-14-9-5-6-10-15(14)18-11-19-17/h2-12H,1H3/t12-/m0/s1. The van der Waals surface area contributed by atoms with E-state index < -0.39 is 0 Å². The minimum absolute atomic E-state index is 0.114. The zero-order chi connectivity index (χ0) is 14.7. The Balaban J connectivity index is 1.87. The first-order valence-corrected chi connectivity index (χ1v) is 7.59. The summed E-state index contributed by atoms with van der Waals surface area (Å²) in [7, 11) is 0. The van der Waals surface area contributed by atoms with Gasteiger partial charge in [0.15, 0.2) is 5.78 Å². The van der Waals surface area contributed by atoms with Crippen molar-refractivity contribution in [1.29, 1.82) is 0 Å². The SMILES string of the molecule is C[C@H](Sc1ncnc2ccccc12)C(=O)c1ccccc1. The first-order chi connectivity index (χ1) is 10.3. The lowest BCUT2D eigenvalue weighted by Gasteiger charge is -2.11. The summed E-state index contributed by atoms with van der Waals surface area (Å²) in [4.78, 5) is 21.0. The van der Waals surface area contributed by atoms with E-state index in [1.807, 2.05) is 61.5 Å². The molecule has 0 spiro atoms. The van der Waals surface area contributed by atoms with Gasteiger partial charge in [-0.15, -0.1) is 0 Å². The van der Waals surface area contributed by atoms with E-state index in [9.17, 15) is 4.79 Å². The van der Waals surface area contributed by atoms with Gasteiger partial charge in [0.05, 0.1) is 10.8 Å². The molecule has 1 atom stereocenters. The molecule has 2 aromatic carbocycles. The van der Waals surface area contributed by atoms with Gasteiger partial charge in [-0.1, -0.05) is 60.3 Å². The molecule has 3 rings (SSSR count). The van der Waals surface area contributed by atoms with Gasteiger partial charge < -0.3 is 0 Å². The predicted molar refractivity (Wildman–Crippen MR) is 85.6 cm³/mol. The van der Waals surface area contributed by atoms with Crippen molar-refractivity contribution in [2.45, 2.75) is 17.2 Å². The summed E-state index contributed by atoms with van der Waals surface area (Å²) >= 11 is 1.48. The lowest BCUT2D eigenvalue weighted by molar-refractivity contribution is 0.0994. The van der Waals surface area contributed by atoms with Crippen LogP contribution in [-0.2, 0) is 0 Å². The number of ketones is 1. The lowest BCUT2D eigenvalue weighted by atomic mass is 10.1. The zero-order valence-electron chi connectivity index (χ0n) is 11.6. The Hall–Kier alpha value is -2.20. The van der Waals surface area contributed by atoms with E-state index in [1.54, 1.807) is 6.33 Å². The van der Waals surface area contributed by atoms with Crippen molar-refractivity contribution in [2.75, 3.05) is 0 Å². The molecule has 1 aromatic heterocycles. The molecule has 104 valence electrons. The maximum atomic E-state index is 12.4. The van der Waals surface area contributed by atoms with E-state index in [-0.39, 0.29) is 11.0 Å². The molecule has 0 radical (unpaired) electrons. The maximum absolute atomic E-state index is 12.4. The Bertz CT molecular complexity index is 769. The van der Waals surface area contributed by atoms with Crippen LogP contribution in [0.1, 0.15) is 17.3 Å². The summed E-state index contributed by atoms with van der Waals surface area (Å²) < 4.78 is 0. The van der Waals surface area contributed by atoms with Crippen LogP contribution in [0.5, 0.6) is 0 Å². The van der Waals surface area contributed by atoms with E-state index in [4.69, 9.17) is 0 Å². The van der Waals surface area contributed by atoms with E-state index in [1.165, 1.54) is 11.8 Å². The molecule has 3 nitrogen and oxygen atoms in total. The Labute approximate surface area is 127 Å². The number of carbonyl (C=O) groups excluding carboxylic acids is 1. The number of Topliss-reactive ketones (excluding diaryl/α,β-unsaturated/α-hetero) is 1. The molecule has 0 saturated heterocycles. The van der Waals surface area contributed by atoms with Gasteiger partial charge in [0.1, 0.15) is 11.4 Å². The van der Waals surface area contributed by atoms with Crippen molar-refractivity contribution in [3.8, 4) is 0 Å². The average molecular weight is 294 g/mol. The third-order valence-electron chi connectivity index (χ3n) is 3.22. The highest BCUT2D eigenvalue weighted by molar-refractivity contribution is 8.00. The average Bonchev–Trinajstić information content (AvgIpc) is 2.55. The predicted octanol–water partition coefficient (Wildman–Crippen LogP) is 3.99. The van der Waals surface area contributed by atoms with Crippen LogP contribution < -0.4 is 0 Å². The highest BCUT2D eigenvalue weighted by Crippen LogP contribution is 2.29. The van der Waals surface area contributed by atoms with E-state index in [2.05, 4.69) is 9.97 Å². The van der Waals surface area contributed by atoms with Gasteiger partial charge in [0.2, 0.25) is 0 Å². The van der Waals surface area contributed by atoms with Crippen LogP contribution in [0.2, 0.25) is 0 Å². The summed E-state index contributed by atoms with van der Waals surface area (Å²) in [5, 5.41) is 1.64. The number of hydrogen-bond acceptors (Lipinski definition) is 4. The number of nitrogens with zero attached hydrogens (tertiary/aromatic N) is 2. The third-order valence-corrected chi connectivity index (χ3v) is 4.34. The monoisotopic (exact) mass is 294 g/mol. The summed E-state index contributed by atoms with van der Waals surface area (Å²) in [5.74, 6) is 0.114. The topological polar surface area (TPSA) is 42.9 Å². The molecular formula is C17H14N2OS. The number of rotatable bonds is 4. The van der Waals surface area contributed by atoms with Crippen molar-refractivity contribution in [3.63, 3.8) is 0 Å². The second-order valence-electron chi connectivity index (χ2n) is 4.69. The number of para-hydroxylation sites is 1. The number of carbonyl (C=O) groups is 1. The molecule has 0 aliphatic carbocycles. The smallest absolute Gasteiger partial charge is 0.175 e. The second kappa shape index (κ2) is 6.06. The van der Waals surface area contributed by atoms with E-state index in [0.717, 1.165) is 21.5 Å². The summed E-state index contributed by atoms with van der Waals surface area (Å²) in [5.41, 5.74) is 1.63. The molecular weight excluding hydrogens is 280 g/mol. The van der Waals surface area contributed by atoms with Crippen LogP contribution in [0.25, 0.3) is 10.9 Å². The molecule has 3 aromatic rings. The molecule has 0 aliphatic rings. The fraction of sp³-hybridized carbons (Fsp3) is 0.118. The van der Waals surface area contributed by atoms with Crippen LogP contribution in [-0.4, -0.2) is 21.0 Å². The van der Waals surface area contributed by atoms with Crippen molar-refractivity contribution in [1.82, 2.24) is 9.97 Å². The normalized spacial score (nSPS) is 12.2. The molecule has 1 heterocycles. The quantitative estimate of drug-likeness (QED) is 0.414. The Morgan fingerprint density at radius 3 is 2.52 bits per heavy atom. The molecule has 4 heteroatoms. The first-order valence-electron chi connectivity index (χ1n) is 6.71. The molecule has 21 heavy (non-hydrogen) atoms. The Kier molecular flexibility index (Phi) is 3.97. The molecule has 0 aliphatic heterocycles. The minimum atomic E-state index is -0.189. The number of thioether (sulfide) groups is 1. The van der Waals surface area contributed by atoms with Gasteiger partial charge in [-0.3, -0.25) is 4.79 Å². The van der Waals surface area contributed by atoms with Gasteiger partial charge in [-0.2, -0.15) is 0 Å². The van der Waals surface area contributed by atoms with Gasteiger partial charge in [-0.25, -0.2) is 9.97 Å². The van der Waals surface area contributed by atoms with Gasteiger partial charge in [-0.05, 0) is 13.0 Å². The van der Waals surface area contributed by atoms with Gasteiger partial charge in [0.25, 0.3) is 0 Å². The Morgan fingerprint density at radius 2 is 1.71 bits per heavy atom. The number of aromatic nitrogens is 2. The van der Waals surface area contributed by atoms with Crippen molar-refractivity contribution in [3.05, 3.63) is 66.5 Å². The molecule has 0 saturated carbocycles. The minimum Gasteiger partial charge on any atom is -0.293 e. The first kappa shape index (κ1) is 13.8. The Morgan fingerprint density at radius 1 is 1.00 bits per heavy atom. The molecule has 0 fully saturated rings. The maximum Gasteiger partial charge on any atom is 0.175 e. The van der Waals surface area contributed by atoms with Crippen LogP contribution in [0.15, 0.2) is 66.0 Å². The largest absolute Gasteiger partial charge is 0.293 e. The van der Waals surface area contributed by atoms with Gasteiger partial charge >= 0.3 is 0 Å². The van der Waals surface area contributed by atoms with Crippen LogP contribution in [0.3, 0.4) is 0 Å². The highest BCUT2D eigenvalue weighted by atomic mass is 32.2. The number of benzene rings is 2. The fourth-order valence-electron chi connectivity index (χ4n) is 2.13. The third kappa shape index (κ3) is 2.95. The van der Waals surface area contributed by atoms with Gasteiger partial charge in [0, 0.05) is 10.9 Å². The summed E-state index contributed by atoms with van der Waals surface area (Å²) in [6, 6.07) is 17.2. The molecule has 0 amide bonds. The van der Waals surface area contributed by atoms with Crippen molar-refractivity contribution in [2.24, 2.45) is 0 Å². The van der Waals surface area contributed by atoms with Crippen molar-refractivity contribution >= 4 is 28.4 Å². The van der Waals surface area contributed by atoms with E-state index in [0.29, 0.717) is 0 Å². The fourth-order valence-corrected chi connectivity index (χ4v) is 3.12. The summed E-state index contributed by atoms with van der Waals surface area (Å²) in [6.45, 7) is 1.91.